The molecule has 0 amide bonds. The summed E-state index contributed by atoms with van der Waals surface area (Å²) in [7, 11) is 3.12. The van der Waals surface area contributed by atoms with E-state index in [-0.39, 0.29) is 30.5 Å². The van der Waals surface area contributed by atoms with Gasteiger partial charge in [-0.1, -0.05) is 47.2 Å². The van der Waals surface area contributed by atoms with E-state index in [0.29, 0.717) is 48.6 Å². The molecule has 0 unspecified atom stereocenters. The van der Waals surface area contributed by atoms with E-state index in [1.807, 2.05) is 56.3 Å². The number of hydrogen-bond donors (Lipinski definition) is 0. The Kier molecular flexibility index (Phi) is 11.0. The van der Waals surface area contributed by atoms with E-state index in [9.17, 15) is 9.59 Å². The van der Waals surface area contributed by atoms with E-state index >= 15 is 0 Å². The molecule has 1 aliphatic heterocycles. The van der Waals surface area contributed by atoms with Crippen LogP contribution >= 0.6 is 45.5 Å². The second kappa shape index (κ2) is 15.0. The maximum atomic E-state index is 14.2. The Labute approximate surface area is 295 Å². The highest BCUT2D eigenvalue weighted by Gasteiger charge is 2.34. The first-order valence-corrected chi connectivity index (χ1v) is 17.1. The zero-order chi connectivity index (χ0) is 33.8. The third-order valence-corrected chi connectivity index (χ3v) is 9.42. The summed E-state index contributed by atoms with van der Waals surface area (Å²) in [5.74, 6) is 1.58. The number of fused-ring (bicyclic) bond motifs is 1. The maximum Gasteiger partial charge on any atom is 0.338 e. The Hall–Kier alpha value is -3.81. The lowest BCUT2D eigenvalue weighted by Crippen LogP contribution is -2.40. The van der Waals surface area contributed by atoms with Gasteiger partial charge in [-0.05, 0) is 97.8 Å². The number of hydrogen-bond acceptors (Lipinski definition) is 9. The van der Waals surface area contributed by atoms with Gasteiger partial charge in [-0.2, -0.15) is 0 Å². The molecule has 0 saturated carbocycles. The van der Waals surface area contributed by atoms with Gasteiger partial charge in [0.25, 0.3) is 5.56 Å². The van der Waals surface area contributed by atoms with Gasteiger partial charge in [-0.25, -0.2) is 9.79 Å². The van der Waals surface area contributed by atoms with Crippen molar-refractivity contribution in [3.05, 3.63) is 111 Å². The van der Waals surface area contributed by atoms with Crippen molar-refractivity contribution in [1.29, 1.82) is 0 Å². The van der Waals surface area contributed by atoms with Gasteiger partial charge in [0, 0.05) is 10.6 Å². The van der Waals surface area contributed by atoms with Crippen LogP contribution in [0, 0.1) is 3.57 Å². The van der Waals surface area contributed by atoms with Crippen LogP contribution in [0.25, 0.3) is 6.08 Å². The Morgan fingerprint density at radius 3 is 2.51 bits per heavy atom. The number of thiazole rings is 1. The van der Waals surface area contributed by atoms with E-state index in [1.165, 1.54) is 15.9 Å². The first kappa shape index (κ1) is 34.5. The maximum absolute atomic E-state index is 14.2. The minimum absolute atomic E-state index is 0.0747. The summed E-state index contributed by atoms with van der Waals surface area (Å²) < 4.78 is 31.5. The van der Waals surface area contributed by atoms with Crippen LogP contribution in [0.1, 0.15) is 50.4 Å². The number of benzene rings is 3. The number of ether oxygens (including phenoxy) is 5. The highest BCUT2D eigenvalue weighted by Crippen LogP contribution is 2.37. The second-order valence-electron chi connectivity index (χ2n) is 10.8. The number of esters is 1. The SMILES string of the molecule is CCOC(=O)C1=C(C)N=c2s/c(=C\c3cc(I)c(OCc4ccccc4Cl)c(OC)c3)c(=O)n2[C@H]1c1ccc(OC(C)C)c(OC)c1. The van der Waals surface area contributed by atoms with Gasteiger partial charge in [0.15, 0.2) is 27.8 Å². The molecule has 1 atom stereocenters. The zero-order valence-electron chi connectivity index (χ0n) is 26.8. The van der Waals surface area contributed by atoms with Crippen molar-refractivity contribution in [3.63, 3.8) is 0 Å². The highest BCUT2D eigenvalue weighted by atomic mass is 127. The monoisotopic (exact) mass is 788 g/mol. The van der Waals surface area contributed by atoms with Crippen molar-refractivity contribution in [1.82, 2.24) is 4.57 Å². The standard InChI is InChI=1S/C35H34ClIN2O7S/c1-7-44-34(41)30-20(4)38-35-39(31(30)22-12-13-26(46-19(2)3)27(17-22)42-5)33(40)29(47-35)16-21-14-25(37)32(28(15-21)43-6)45-18-23-10-8-9-11-24(23)36/h8-17,19,31H,7,18H2,1-6H3/b29-16-/t31-/m0/s1. The summed E-state index contributed by atoms with van der Waals surface area (Å²) in [6.45, 7) is 7.78. The molecule has 0 fully saturated rings. The Morgan fingerprint density at radius 1 is 1.09 bits per heavy atom. The molecule has 1 aromatic heterocycles. The number of methoxy groups -OCH3 is 2. The van der Waals surface area contributed by atoms with Crippen LogP contribution in [0.5, 0.6) is 23.0 Å². The molecule has 0 bridgehead atoms. The third kappa shape index (κ3) is 7.37. The number of carbonyl (C=O) groups excluding carboxylic acids is 1. The first-order valence-electron chi connectivity index (χ1n) is 14.8. The van der Waals surface area contributed by atoms with Crippen molar-refractivity contribution < 1.29 is 28.5 Å². The van der Waals surface area contributed by atoms with E-state index in [1.54, 1.807) is 46.3 Å². The summed E-state index contributed by atoms with van der Waals surface area (Å²) in [6.07, 6.45) is 1.71. The van der Waals surface area contributed by atoms with Crippen molar-refractivity contribution in [3.8, 4) is 23.0 Å². The van der Waals surface area contributed by atoms with Crippen molar-refractivity contribution in [2.45, 2.75) is 46.4 Å². The van der Waals surface area contributed by atoms with E-state index in [4.69, 9.17) is 35.3 Å². The largest absolute Gasteiger partial charge is 0.493 e. The minimum atomic E-state index is -0.801. The Bertz CT molecular complexity index is 2040. The fourth-order valence-electron chi connectivity index (χ4n) is 5.19. The van der Waals surface area contributed by atoms with Gasteiger partial charge < -0.3 is 23.7 Å². The molecule has 0 N–H and O–H groups in total. The molecule has 12 heteroatoms. The first-order chi connectivity index (χ1) is 22.6. The van der Waals surface area contributed by atoms with Crippen LogP contribution in [0.3, 0.4) is 0 Å². The molecule has 9 nitrogen and oxygen atoms in total. The van der Waals surface area contributed by atoms with Crippen LogP contribution in [-0.4, -0.2) is 37.5 Å². The number of carbonyl (C=O) groups is 1. The van der Waals surface area contributed by atoms with Crippen molar-refractivity contribution >= 4 is 57.6 Å². The van der Waals surface area contributed by atoms with Crippen LogP contribution in [0.4, 0.5) is 0 Å². The predicted molar refractivity (Wildman–Crippen MR) is 191 cm³/mol. The summed E-state index contributed by atoms with van der Waals surface area (Å²) in [5, 5.41) is 0.617. The molecular weight excluding hydrogens is 755 g/mol. The van der Waals surface area contributed by atoms with Crippen molar-refractivity contribution in [2.24, 2.45) is 4.99 Å². The van der Waals surface area contributed by atoms with Crippen molar-refractivity contribution in [2.75, 3.05) is 20.8 Å². The average molecular weight is 789 g/mol. The number of aromatic nitrogens is 1. The lowest BCUT2D eigenvalue weighted by Gasteiger charge is -2.25. The molecule has 0 saturated heterocycles. The molecular formula is C35H34ClIN2O7S. The van der Waals surface area contributed by atoms with Gasteiger partial charge in [-0.15, -0.1) is 0 Å². The van der Waals surface area contributed by atoms with Crippen LogP contribution < -0.4 is 33.8 Å². The van der Waals surface area contributed by atoms with Gasteiger partial charge in [0.1, 0.15) is 6.61 Å². The molecule has 4 aromatic rings. The smallest absolute Gasteiger partial charge is 0.338 e. The van der Waals surface area contributed by atoms with E-state index in [2.05, 4.69) is 27.6 Å². The topological polar surface area (TPSA) is 97.6 Å². The normalized spacial score (nSPS) is 14.5. The predicted octanol–water partition coefficient (Wildman–Crippen LogP) is 6.44. The molecule has 0 radical (unpaired) electrons. The molecule has 3 aromatic carbocycles. The van der Waals surface area contributed by atoms with E-state index < -0.39 is 12.0 Å². The molecule has 0 aliphatic carbocycles. The lowest BCUT2D eigenvalue weighted by atomic mass is 9.95. The molecule has 5 rings (SSSR count). The van der Waals surface area contributed by atoms with Gasteiger partial charge in [0.05, 0.1) is 52.3 Å². The Morgan fingerprint density at radius 2 is 1.83 bits per heavy atom. The number of halogens is 2. The zero-order valence-corrected chi connectivity index (χ0v) is 30.5. The molecule has 246 valence electrons. The molecule has 1 aliphatic rings. The van der Waals surface area contributed by atoms with Gasteiger partial charge >= 0.3 is 5.97 Å². The summed E-state index contributed by atoms with van der Waals surface area (Å²) in [4.78, 5) is 32.7. The number of allylic oxidation sites excluding steroid dienone is 1. The number of nitrogens with zero attached hydrogens (tertiary/aromatic N) is 2. The number of rotatable bonds is 11. The quantitative estimate of drug-likeness (QED) is 0.128. The second-order valence-corrected chi connectivity index (χ2v) is 13.4. The molecule has 0 spiro atoms. The Balaban J connectivity index is 1.60. The van der Waals surface area contributed by atoms with E-state index in [0.717, 1.165) is 14.7 Å². The average Bonchev–Trinajstić information content (AvgIpc) is 3.33. The summed E-state index contributed by atoms with van der Waals surface area (Å²) >= 11 is 9.74. The molecule has 2 heterocycles. The van der Waals surface area contributed by atoms with Gasteiger partial charge in [0.2, 0.25) is 0 Å². The van der Waals surface area contributed by atoms with Gasteiger partial charge in [-0.3, -0.25) is 9.36 Å². The third-order valence-electron chi connectivity index (χ3n) is 7.26. The minimum Gasteiger partial charge on any atom is -0.493 e. The molecule has 47 heavy (non-hydrogen) atoms. The van der Waals surface area contributed by atoms with Crippen LogP contribution in [0.2, 0.25) is 5.02 Å². The van der Waals surface area contributed by atoms with Crippen LogP contribution in [0.15, 0.2) is 75.7 Å². The summed E-state index contributed by atoms with van der Waals surface area (Å²) in [6, 6.07) is 15.8. The lowest BCUT2D eigenvalue weighted by molar-refractivity contribution is -0.139. The van der Waals surface area contributed by atoms with Crippen LogP contribution in [-0.2, 0) is 16.1 Å². The highest BCUT2D eigenvalue weighted by molar-refractivity contribution is 14.1. The fourth-order valence-corrected chi connectivity index (χ4v) is 7.21. The summed E-state index contributed by atoms with van der Waals surface area (Å²) in [5.41, 5.74) is 2.68. The fraction of sp³-hybridized carbons (Fsp3) is 0.286.